The van der Waals surface area contributed by atoms with Crippen molar-refractivity contribution in [3.63, 3.8) is 0 Å². The van der Waals surface area contributed by atoms with E-state index in [1.165, 1.54) is 38.0 Å². The molecule has 0 bridgehead atoms. The first kappa shape index (κ1) is 13.9. The van der Waals surface area contributed by atoms with Crippen LogP contribution in [0, 0.1) is 5.92 Å². The summed E-state index contributed by atoms with van der Waals surface area (Å²) in [5.41, 5.74) is 1.46. The minimum Gasteiger partial charge on any atom is -0.314 e. The molecule has 3 atom stereocenters. The quantitative estimate of drug-likeness (QED) is 0.886. The van der Waals surface area contributed by atoms with Crippen LogP contribution in [-0.2, 0) is 0 Å². The molecule has 100 valence electrons. The van der Waals surface area contributed by atoms with Crippen LogP contribution in [0.3, 0.4) is 0 Å². The molecular formula is C15H23ClN2. The van der Waals surface area contributed by atoms with Gasteiger partial charge in [-0.05, 0) is 37.8 Å². The number of hydrogen-bond donors (Lipinski definition) is 1. The first-order chi connectivity index (χ1) is 8.34. The molecule has 0 spiro atoms. The van der Waals surface area contributed by atoms with Gasteiger partial charge in [-0.25, -0.2) is 0 Å². The normalized spacial score (nSPS) is 29.4. The van der Waals surface area contributed by atoms with Crippen LogP contribution < -0.4 is 5.32 Å². The van der Waals surface area contributed by atoms with Gasteiger partial charge in [0.2, 0.25) is 0 Å². The van der Waals surface area contributed by atoms with Crippen molar-refractivity contribution in [2.24, 2.45) is 5.92 Å². The number of likely N-dealkylation sites (tertiary alicyclic amines) is 1. The van der Waals surface area contributed by atoms with E-state index in [2.05, 4.69) is 47.5 Å². The van der Waals surface area contributed by atoms with Gasteiger partial charge in [-0.15, -0.1) is 12.4 Å². The van der Waals surface area contributed by atoms with Crippen molar-refractivity contribution in [3.05, 3.63) is 35.9 Å². The Morgan fingerprint density at radius 2 is 2.00 bits per heavy atom. The Hall–Kier alpha value is -0.570. The molecule has 2 heterocycles. The van der Waals surface area contributed by atoms with Crippen LogP contribution in [0.25, 0.3) is 0 Å². The molecule has 0 aliphatic carbocycles. The van der Waals surface area contributed by atoms with Crippen LogP contribution in [0.15, 0.2) is 30.3 Å². The highest BCUT2D eigenvalue weighted by Crippen LogP contribution is 2.30. The standard InChI is InChI=1S/C15H22N2.ClH/c1-12(13-5-3-2-4-6-13)17-10-8-15-14(11-17)7-9-16-15;/h2-6,12,14-16H,7-11H2,1H3;1H. The maximum absolute atomic E-state index is 3.63. The van der Waals surface area contributed by atoms with E-state index < -0.39 is 0 Å². The first-order valence-electron chi connectivity index (χ1n) is 6.87. The Balaban J connectivity index is 0.00000120. The van der Waals surface area contributed by atoms with Crippen molar-refractivity contribution in [2.75, 3.05) is 19.6 Å². The van der Waals surface area contributed by atoms with Crippen LogP contribution >= 0.6 is 12.4 Å². The third kappa shape index (κ3) is 2.71. The van der Waals surface area contributed by atoms with Crippen molar-refractivity contribution in [2.45, 2.75) is 31.8 Å². The first-order valence-corrected chi connectivity index (χ1v) is 6.87. The summed E-state index contributed by atoms with van der Waals surface area (Å²) in [6, 6.07) is 12.3. The maximum atomic E-state index is 3.63. The Morgan fingerprint density at radius 3 is 2.78 bits per heavy atom. The van der Waals surface area contributed by atoms with Crippen molar-refractivity contribution in [1.82, 2.24) is 10.2 Å². The molecule has 1 aromatic rings. The van der Waals surface area contributed by atoms with E-state index in [9.17, 15) is 0 Å². The van der Waals surface area contributed by atoms with E-state index in [0.29, 0.717) is 6.04 Å². The Bertz CT molecular complexity index is 368. The van der Waals surface area contributed by atoms with Crippen molar-refractivity contribution >= 4 is 12.4 Å². The van der Waals surface area contributed by atoms with Gasteiger partial charge in [0.15, 0.2) is 0 Å². The second-order valence-corrected chi connectivity index (χ2v) is 5.48. The molecule has 2 aliphatic heterocycles. The van der Waals surface area contributed by atoms with Crippen LogP contribution in [0.2, 0.25) is 0 Å². The summed E-state index contributed by atoms with van der Waals surface area (Å²) in [7, 11) is 0. The molecule has 2 fully saturated rings. The average molecular weight is 267 g/mol. The number of rotatable bonds is 2. The number of nitrogens with one attached hydrogen (secondary N) is 1. The predicted octanol–water partition coefficient (Wildman–Crippen LogP) is 2.85. The number of halogens is 1. The van der Waals surface area contributed by atoms with Crippen LogP contribution in [-0.4, -0.2) is 30.6 Å². The zero-order valence-corrected chi connectivity index (χ0v) is 11.8. The van der Waals surface area contributed by atoms with Crippen LogP contribution in [0.1, 0.15) is 31.4 Å². The van der Waals surface area contributed by atoms with Crippen molar-refractivity contribution in [3.8, 4) is 0 Å². The van der Waals surface area contributed by atoms with Gasteiger partial charge >= 0.3 is 0 Å². The average Bonchev–Trinajstić information content (AvgIpc) is 2.86. The molecular weight excluding hydrogens is 244 g/mol. The van der Waals surface area contributed by atoms with Gasteiger partial charge in [-0.2, -0.15) is 0 Å². The second-order valence-electron chi connectivity index (χ2n) is 5.48. The van der Waals surface area contributed by atoms with Crippen LogP contribution in [0.5, 0.6) is 0 Å². The van der Waals surface area contributed by atoms with E-state index >= 15 is 0 Å². The Kier molecular flexibility index (Phi) is 4.66. The minimum atomic E-state index is 0. The highest BCUT2D eigenvalue weighted by molar-refractivity contribution is 5.85. The molecule has 0 saturated carbocycles. The zero-order chi connectivity index (χ0) is 11.7. The van der Waals surface area contributed by atoms with Gasteiger partial charge in [-0.3, -0.25) is 4.90 Å². The van der Waals surface area contributed by atoms with Gasteiger partial charge in [0.1, 0.15) is 0 Å². The zero-order valence-electron chi connectivity index (χ0n) is 11.0. The summed E-state index contributed by atoms with van der Waals surface area (Å²) in [4.78, 5) is 2.66. The third-order valence-electron chi connectivity index (χ3n) is 4.52. The lowest BCUT2D eigenvalue weighted by Gasteiger charge is -2.38. The summed E-state index contributed by atoms with van der Waals surface area (Å²) in [6.45, 7) is 6.08. The van der Waals surface area contributed by atoms with Crippen molar-refractivity contribution in [1.29, 1.82) is 0 Å². The molecule has 2 nitrogen and oxygen atoms in total. The lowest BCUT2D eigenvalue weighted by atomic mass is 9.91. The van der Waals surface area contributed by atoms with Gasteiger partial charge < -0.3 is 5.32 Å². The van der Waals surface area contributed by atoms with Gasteiger partial charge in [0, 0.05) is 25.2 Å². The van der Waals surface area contributed by atoms with E-state index in [4.69, 9.17) is 0 Å². The summed E-state index contributed by atoms with van der Waals surface area (Å²) in [5.74, 6) is 0.884. The molecule has 1 aromatic carbocycles. The van der Waals surface area contributed by atoms with E-state index in [-0.39, 0.29) is 12.4 Å². The second kappa shape index (κ2) is 6.05. The SMILES string of the molecule is CC(c1ccccc1)N1CCC2NCCC2C1.Cl. The van der Waals surface area contributed by atoms with Gasteiger partial charge in [-0.1, -0.05) is 30.3 Å². The monoisotopic (exact) mass is 266 g/mol. The summed E-state index contributed by atoms with van der Waals surface area (Å²) in [5, 5.41) is 3.63. The largest absolute Gasteiger partial charge is 0.314 e. The lowest BCUT2D eigenvalue weighted by molar-refractivity contribution is 0.122. The van der Waals surface area contributed by atoms with E-state index in [1.807, 2.05) is 0 Å². The van der Waals surface area contributed by atoms with E-state index in [1.54, 1.807) is 0 Å². The fourth-order valence-electron chi connectivity index (χ4n) is 3.37. The molecule has 18 heavy (non-hydrogen) atoms. The lowest BCUT2D eigenvalue weighted by Crippen LogP contribution is -2.45. The minimum absolute atomic E-state index is 0. The number of piperidine rings is 1. The number of nitrogens with zero attached hydrogens (tertiary/aromatic N) is 1. The number of hydrogen-bond acceptors (Lipinski definition) is 2. The molecule has 3 unspecified atom stereocenters. The fraction of sp³-hybridized carbons (Fsp3) is 0.600. The number of benzene rings is 1. The molecule has 3 heteroatoms. The maximum Gasteiger partial charge on any atom is 0.0320 e. The highest BCUT2D eigenvalue weighted by Gasteiger charge is 2.34. The smallest absolute Gasteiger partial charge is 0.0320 e. The fourth-order valence-corrected chi connectivity index (χ4v) is 3.37. The molecule has 2 saturated heterocycles. The van der Waals surface area contributed by atoms with Crippen LogP contribution in [0.4, 0.5) is 0 Å². The highest BCUT2D eigenvalue weighted by atomic mass is 35.5. The summed E-state index contributed by atoms with van der Waals surface area (Å²) in [6.07, 6.45) is 2.69. The number of fused-ring (bicyclic) bond motifs is 1. The Morgan fingerprint density at radius 1 is 1.22 bits per heavy atom. The molecule has 2 aliphatic rings. The molecule has 1 N–H and O–H groups in total. The molecule has 3 rings (SSSR count). The molecule has 0 amide bonds. The third-order valence-corrected chi connectivity index (χ3v) is 4.52. The molecule has 0 aromatic heterocycles. The predicted molar refractivity (Wildman–Crippen MR) is 78.2 cm³/mol. The van der Waals surface area contributed by atoms with Gasteiger partial charge in [0.05, 0.1) is 0 Å². The summed E-state index contributed by atoms with van der Waals surface area (Å²) < 4.78 is 0. The molecule has 0 radical (unpaired) electrons. The van der Waals surface area contributed by atoms with Gasteiger partial charge in [0.25, 0.3) is 0 Å². The Labute approximate surface area is 116 Å². The topological polar surface area (TPSA) is 15.3 Å². The van der Waals surface area contributed by atoms with E-state index in [0.717, 1.165) is 12.0 Å². The van der Waals surface area contributed by atoms with Crippen molar-refractivity contribution < 1.29 is 0 Å². The summed E-state index contributed by atoms with van der Waals surface area (Å²) >= 11 is 0.